The van der Waals surface area contributed by atoms with Crippen molar-refractivity contribution >= 4 is 11.4 Å². The molecular weight excluding hydrogens is 196 g/mol. The van der Waals surface area contributed by atoms with Crippen LogP contribution in [-0.2, 0) is 4.79 Å². The predicted molar refractivity (Wildman–Crippen MR) is 67.1 cm³/mol. The smallest absolute Gasteiger partial charge is 0.133 e. The summed E-state index contributed by atoms with van der Waals surface area (Å²) in [5.74, 6) is 0.884. The minimum Gasteiger partial charge on any atom is -0.300 e. The van der Waals surface area contributed by atoms with Crippen molar-refractivity contribution in [2.75, 3.05) is 0 Å². The Morgan fingerprint density at radius 1 is 1.31 bits per heavy atom. The van der Waals surface area contributed by atoms with E-state index in [2.05, 4.69) is 37.3 Å². The number of hydrogen-bond donors (Lipinski definition) is 0. The highest BCUT2D eigenvalue weighted by atomic mass is 16.1. The summed E-state index contributed by atoms with van der Waals surface area (Å²) in [6.07, 6.45) is 6.02. The second-order valence-electron chi connectivity index (χ2n) is 4.61. The zero-order valence-corrected chi connectivity index (χ0v) is 9.78. The van der Waals surface area contributed by atoms with Crippen molar-refractivity contribution in [2.24, 2.45) is 5.92 Å². The van der Waals surface area contributed by atoms with Crippen LogP contribution in [0.15, 0.2) is 36.4 Å². The van der Waals surface area contributed by atoms with E-state index in [9.17, 15) is 4.79 Å². The third kappa shape index (κ3) is 2.82. The Labute approximate surface area is 97.2 Å². The Morgan fingerprint density at radius 2 is 2.06 bits per heavy atom. The Hall–Kier alpha value is -1.37. The molecule has 84 valence electrons. The highest BCUT2D eigenvalue weighted by molar-refractivity contribution is 5.80. The summed E-state index contributed by atoms with van der Waals surface area (Å²) in [4.78, 5) is 11.4. The first kappa shape index (κ1) is 11.1. The summed E-state index contributed by atoms with van der Waals surface area (Å²) in [5, 5.41) is 0. The molecule has 1 fully saturated rings. The summed E-state index contributed by atoms with van der Waals surface area (Å²) in [5.41, 5.74) is 2.56. The van der Waals surface area contributed by atoms with Crippen molar-refractivity contribution in [3.05, 3.63) is 42.0 Å². The molecule has 1 aromatic rings. The molecule has 0 spiro atoms. The lowest BCUT2D eigenvalue weighted by Crippen LogP contribution is -2.13. The van der Waals surface area contributed by atoms with Crippen LogP contribution in [0.5, 0.6) is 0 Å². The lowest BCUT2D eigenvalue weighted by molar-refractivity contribution is -0.121. The van der Waals surface area contributed by atoms with Gasteiger partial charge in [-0.05, 0) is 36.8 Å². The average Bonchev–Trinajstić information content (AvgIpc) is 2.30. The minimum absolute atomic E-state index is 0.424. The maximum absolute atomic E-state index is 11.4. The molecule has 1 aliphatic rings. The summed E-state index contributed by atoms with van der Waals surface area (Å²) in [6, 6.07) is 10.4. The second kappa shape index (κ2) is 5.11. The first-order valence-electron chi connectivity index (χ1n) is 6.01. The van der Waals surface area contributed by atoms with Crippen molar-refractivity contribution in [2.45, 2.75) is 32.6 Å². The van der Waals surface area contributed by atoms with Crippen LogP contribution < -0.4 is 0 Å². The van der Waals surface area contributed by atoms with Crippen molar-refractivity contribution in [1.29, 1.82) is 0 Å². The van der Waals surface area contributed by atoms with Crippen LogP contribution in [-0.4, -0.2) is 5.78 Å². The van der Waals surface area contributed by atoms with Gasteiger partial charge in [0.25, 0.3) is 0 Å². The Balaban J connectivity index is 2.09. The van der Waals surface area contributed by atoms with E-state index in [1.807, 2.05) is 6.07 Å². The molecule has 2 rings (SSSR count). The Bertz CT molecular complexity index is 389. The molecule has 1 nitrogen and oxygen atoms in total. The highest BCUT2D eigenvalue weighted by Gasteiger charge is 2.17. The molecule has 0 aromatic heterocycles. The number of rotatable bonds is 2. The van der Waals surface area contributed by atoms with E-state index in [4.69, 9.17) is 0 Å². The van der Waals surface area contributed by atoms with E-state index >= 15 is 0 Å². The van der Waals surface area contributed by atoms with E-state index < -0.39 is 0 Å². The predicted octanol–water partition coefficient (Wildman–Crippen LogP) is 3.85. The standard InChI is InChI=1S/C15H18O/c1-12(14-7-3-2-4-8-14)10-13-6-5-9-15(16)11-13/h2-4,7-8,10,13H,5-6,9,11H2,1H3/b12-10+. The van der Waals surface area contributed by atoms with E-state index in [0.29, 0.717) is 11.7 Å². The van der Waals surface area contributed by atoms with Crippen LogP contribution in [0.25, 0.3) is 5.57 Å². The van der Waals surface area contributed by atoms with Gasteiger partial charge in [-0.1, -0.05) is 36.4 Å². The van der Waals surface area contributed by atoms with Crippen LogP contribution >= 0.6 is 0 Å². The number of ketones is 1. The van der Waals surface area contributed by atoms with Crippen molar-refractivity contribution in [3.8, 4) is 0 Å². The number of benzene rings is 1. The highest BCUT2D eigenvalue weighted by Crippen LogP contribution is 2.26. The fraction of sp³-hybridized carbons (Fsp3) is 0.400. The zero-order chi connectivity index (χ0) is 11.4. The molecule has 0 saturated heterocycles. The summed E-state index contributed by atoms with van der Waals surface area (Å²) in [6.45, 7) is 2.13. The van der Waals surface area contributed by atoms with Crippen LogP contribution in [0.1, 0.15) is 38.2 Å². The van der Waals surface area contributed by atoms with Gasteiger partial charge in [0, 0.05) is 12.8 Å². The van der Waals surface area contributed by atoms with Gasteiger partial charge in [0.15, 0.2) is 0 Å². The molecule has 0 bridgehead atoms. The van der Waals surface area contributed by atoms with E-state index in [0.717, 1.165) is 25.7 Å². The SMILES string of the molecule is C/C(=C\C1CCCC(=O)C1)c1ccccc1. The normalized spacial score (nSPS) is 22.2. The molecule has 1 heteroatoms. The number of carbonyl (C=O) groups excluding carboxylic acids is 1. The second-order valence-corrected chi connectivity index (χ2v) is 4.61. The molecule has 1 atom stereocenters. The van der Waals surface area contributed by atoms with Gasteiger partial charge in [0.05, 0.1) is 0 Å². The van der Waals surface area contributed by atoms with Gasteiger partial charge in [0.2, 0.25) is 0 Å². The van der Waals surface area contributed by atoms with Crippen LogP contribution in [0.2, 0.25) is 0 Å². The molecule has 0 aliphatic heterocycles. The molecule has 0 N–H and O–H groups in total. The molecule has 1 saturated carbocycles. The molecule has 0 heterocycles. The van der Waals surface area contributed by atoms with Crippen LogP contribution in [0.3, 0.4) is 0 Å². The van der Waals surface area contributed by atoms with Crippen molar-refractivity contribution in [3.63, 3.8) is 0 Å². The molecule has 1 aliphatic carbocycles. The minimum atomic E-state index is 0.424. The molecular formula is C15H18O. The van der Waals surface area contributed by atoms with Crippen LogP contribution in [0, 0.1) is 5.92 Å². The van der Waals surface area contributed by atoms with Gasteiger partial charge in [-0.15, -0.1) is 0 Å². The number of allylic oxidation sites excluding steroid dienone is 2. The molecule has 1 aromatic carbocycles. The van der Waals surface area contributed by atoms with Gasteiger partial charge >= 0.3 is 0 Å². The molecule has 0 radical (unpaired) electrons. The zero-order valence-electron chi connectivity index (χ0n) is 9.78. The van der Waals surface area contributed by atoms with Crippen molar-refractivity contribution < 1.29 is 4.79 Å². The van der Waals surface area contributed by atoms with E-state index in [1.165, 1.54) is 11.1 Å². The first-order valence-corrected chi connectivity index (χ1v) is 6.01. The van der Waals surface area contributed by atoms with Crippen LogP contribution in [0.4, 0.5) is 0 Å². The molecule has 1 unspecified atom stereocenters. The van der Waals surface area contributed by atoms with Gasteiger partial charge < -0.3 is 0 Å². The van der Waals surface area contributed by atoms with Crippen molar-refractivity contribution in [1.82, 2.24) is 0 Å². The molecule has 0 amide bonds. The van der Waals surface area contributed by atoms with Gasteiger partial charge in [-0.25, -0.2) is 0 Å². The van der Waals surface area contributed by atoms with Gasteiger partial charge in [-0.3, -0.25) is 4.79 Å². The fourth-order valence-corrected chi connectivity index (χ4v) is 2.35. The number of carbonyl (C=O) groups is 1. The third-order valence-electron chi connectivity index (χ3n) is 3.24. The van der Waals surface area contributed by atoms with Gasteiger partial charge in [-0.2, -0.15) is 0 Å². The maximum Gasteiger partial charge on any atom is 0.133 e. The number of hydrogen-bond acceptors (Lipinski definition) is 1. The fourth-order valence-electron chi connectivity index (χ4n) is 2.35. The average molecular weight is 214 g/mol. The lowest BCUT2D eigenvalue weighted by atomic mass is 9.86. The maximum atomic E-state index is 11.4. The third-order valence-corrected chi connectivity index (χ3v) is 3.24. The quantitative estimate of drug-likeness (QED) is 0.730. The monoisotopic (exact) mass is 214 g/mol. The number of Topliss-reactive ketones (excluding diaryl/α,β-unsaturated/α-hetero) is 1. The first-order chi connectivity index (χ1) is 7.75. The summed E-state index contributed by atoms with van der Waals surface area (Å²) in [7, 11) is 0. The summed E-state index contributed by atoms with van der Waals surface area (Å²) >= 11 is 0. The molecule has 16 heavy (non-hydrogen) atoms. The Morgan fingerprint density at radius 3 is 2.75 bits per heavy atom. The van der Waals surface area contributed by atoms with E-state index in [-0.39, 0.29) is 0 Å². The lowest BCUT2D eigenvalue weighted by Gasteiger charge is -2.18. The van der Waals surface area contributed by atoms with E-state index in [1.54, 1.807) is 0 Å². The van der Waals surface area contributed by atoms with Gasteiger partial charge in [0.1, 0.15) is 5.78 Å². The Kier molecular flexibility index (Phi) is 3.55. The summed E-state index contributed by atoms with van der Waals surface area (Å²) < 4.78 is 0. The largest absolute Gasteiger partial charge is 0.300 e. The topological polar surface area (TPSA) is 17.1 Å².